The van der Waals surface area contributed by atoms with Gasteiger partial charge in [0.15, 0.2) is 0 Å². The standard InChI is InChI=1S/C13H20N2O3/c1-2-5-11(13(17)18)15-12(16)8-7-10-6-3-4-9-14-10/h1,10-11,14H,3-9H2,(H,15,16)(H,17,18). The van der Waals surface area contributed by atoms with Crippen LogP contribution in [0.4, 0.5) is 0 Å². The zero-order valence-electron chi connectivity index (χ0n) is 10.4. The maximum atomic E-state index is 11.6. The van der Waals surface area contributed by atoms with Gasteiger partial charge in [-0.25, -0.2) is 4.79 Å². The maximum Gasteiger partial charge on any atom is 0.327 e. The second-order valence-corrected chi connectivity index (χ2v) is 4.55. The van der Waals surface area contributed by atoms with Crippen molar-refractivity contribution in [2.75, 3.05) is 6.54 Å². The Kier molecular flexibility index (Phi) is 6.23. The fourth-order valence-corrected chi connectivity index (χ4v) is 2.06. The lowest BCUT2D eigenvalue weighted by molar-refractivity contribution is -0.141. The van der Waals surface area contributed by atoms with E-state index in [1.54, 1.807) is 0 Å². The number of rotatable bonds is 6. The van der Waals surface area contributed by atoms with Crippen LogP contribution in [-0.2, 0) is 9.59 Å². The SMILES string of the molecule is C#CCC(NC(=O)CCC1CCCCN1)C(=O)O. The second-order valence-electron chi connectivity index (χ2n) is 4.55. The molecule has 1 aliphatic rings. The van der Waals surface area contributed by atoms with Crippen molar-refractivity contribution in [1.82, 2.24) is 10.6 Å². The summed E-state index contributed by atoms with van der Waals surface area (Å²) in [6.07, 6.45) is 9.62. The summed E-state index contributed by atoms with van der Waals surface area (Å²) in [5, 5.41) is 14.6. The van der Waals surface area contributed by atoms with E-state index in [0.717, 1.165) is 19.4 Å². The molecule has 1 aliphatic heterocycles. The molecule has 1 amide bonds. The van der Waals surface area contributed by atoms with Gasteiger partial charge in [0, 0.05) is 18.9 Å². The minimum Gasteiger partial charge on any atom is -0.480 e. The first-order chi connectivity index (χ1) is 8.63. The van der Waals surface area contributed by atoms with Crippen LogP contribution < -0.4 is 10.6 Å². The van der Waals surface area contributed by atoms with E-state index in [4.69, 9.17) is 11.5 Å². The minimum atomic E-state index is -1.09. The number of carboxylic acids is 1. The fraction of sp³-hybridized carbons (Fsp3) is 0.692. The summed E-state index contributed by atoms with van der Waals surface area (Å²) in [7, 11) is 0. The van der Waals surface area contributed by atoms with Crippen molar-refractivity contribution in [2.45, 2.75) is 50.6 Å². The highest BCUT2D eigenvalue weighted by atomic mass is 16.4. The molecule has 5 heteroatoms. The lowest BCUT2D eigenvalue weighted by Crippen LogP contribution is -2.41. The van der Waals surface area contributed by atoms with Crippen molar-refractivity contribution in [2.24, 2.45) is 0 Å². The molecular weight excluding hydrogens is 232 g/mol. The molecule has 0 bridgehead atoms. The van der Waals surface area contributed by atoms with E-state index in [9.17, 15) is 9.59 Å². The molecule has 3 N–H and O–H groups in total. The summed E-state index contributed by atoms with van der Waals surface area (Å²) in [4.78, 5) is 22.4. The number of nitrogens with one attached hydrogen (secondary N) is 2. The van der Waals surface area contributed by atoms with E-state index in [2.05, 4.69) is 16.6 Å². The summed E-state index contributed by atoms with van der Waals surface area (Å²) in [6, 6.07) is -0.595. The van der Waals surface area contributed by atoms with E-state index in [1.807, 2.05) is 0 Å². The molecule has 0 aromatic heterocycles. The van der Waals surface area contributed by atoms with Crippen LogP contribution in [0.5, 0.6) is 0 Å². The van der Waals surface area contributed by atoms with Crippen LogP contribution in [0.25, 0.3) is 0 Å². The number of aliphatic carboxylic acids is 1. The molecule has 0 spiro atoms. The molecule has 2 unspecified atom stereocenters. The topological polar surface area (TPSA) is 78.4 Å². The van der Waals surface area contributed by atoms with Crippen LogP contribution in [0.3, 0.4) is 0 Å². The Bertz CT molecular complexity index is 330. The number of carbonyl (C=O) groups is 2. The Balaban J connectivity index is 2.27. The van der Waals surface area contributed by atoms with Gasteiger partial charge < -0.3 is 15.7 Å². The van der Waals surface area contributed by atoms with Crippen LogP contribution in [-0.4, -0.2) is 35.6 Å². The third kappa shape index (κ3) is 5.19. The number of hydrogen-bond donors (Lipinski definition) is 3. The Labute approximate surface area is 107 Å². The Morgan fingerprint density at radius 2 is 2.28 bits per heavy atom. The first-order valence-corrected chi connectivity index (χ1v) is 6.32. The van der Waals surface area contributed by atoms with Crippen molar-refractivity contribution in [3.8, 4) is 12.3 Å². The normalized spacial score (nSPS) is 20.7. The summed E-state index contributed by atoms with van der Waals surface area (Å²) < 4.78 is 0. The fourth-order valence-electron chi connectivity index (χ4n) is 2.06. The zero-order chi connectivity index (χ0) is 13.4. The maximum absolute atomic E-state index is 11.6. The smallest absolute Gasteiger partial charge is 0.327 e. The molecular formula is C13H20N2O3. The third-order valence-electron chi connectivity index (χ3n) is 3.09. The van der Waals surface area contributed by atoms with Crippen molar-refractivity contribution in [3.63, 3.8) is 0 Å². The molecule has 0 saturated carbocycles. The Morgan fingerprint density at radius 1 is 1.50 bits per heavy atom. The molecule has 0 aliphatic carbocycles. The van der Waals surface area contributed by atoms with Crippen molar-refractivity contribution in [3.05, 3.63) is 0 Å². The summed E-state index contributed by atoms with van der Waals surface area (Å²) in [5.74, 6) is 0.921. The van der Waals surface area contributed by atoms with Crippen molar-refractivity contribution >= 4 is 11.9 Å². The molecule has 18 heavy (non-hydrogen) atoms. The van der Waals surface area contributed by atoms with E-state index < -0.39 is 12.0 Å². The number of amides is 1. The molecule has 1 rings (SSSR count). The number of piperidine rings is 1. The third-order valence-corrected chi connectivity index (χ3v) is 3.09. The van der Waals surface area contributed by atoms with Crippen molar-refractivity contribution in [1.29, 1.82) is 0 Å². The molecule has 2 atom stereocenters. The lowest BCUT2D eigenvalue weighted by atomic mass is 10.0. The quantitative estimate of drug-likeness (QED) is 0.602. The van der Waals surface area contributed by atoms with E-state index in [1.165, 1.54) is 12.8 Å². The van der Waals surface area contributed by atoms with Gasteiger partial charge in [-0.2, -0.15) is 0 Å². The summed E-state index contributed by atoms with van der Waals surface area (Å²) in [6.45, 7) is 1.00. The average Bonchev–Trinajstić information content (AvgIpc) is 2.37. The predicted octanol–water partition coefficient (Wildman–Crippen LogP) is 0.501. The first-order valence-electron chi connectivity index (χ1n) is 6.32. The molecule has 1 heterocycles. The zero-order valence-corrected chi connectivity index (χ0v) is 10.4. The van der Waals surface area contributed by atoms with E-state index >= 15 is 0 Å². The number of hydrogen-bond acceptors (Lipinski definition) is 3. The Morgan fingerprint density at radius 3 is 2.83 bits per heavy atom. The van der Waals surface area contributed by atoms with Gasteiger partial charge in [-0.3, -0.25) is 4.79 Å². The van der Waals surface area contributed by atoms with Crippen LogP contribution in [0.15, 0.2) is 0 Å². The number of carbonyl (C=O) groups excluding carboxylic acids is 1. The largest absolute Gasteiger partial charge is 0.480 e. The van der Waals surface area contributed by atoms with Crippen LogP contribution in [0.1, 0.15) is 38.5 Å². The number of terminal acetylenes is 1. The van der Waals surface area contributed by atoms with Crippen molar-refractivity contribution < 1.29 is 14.7 Å². The second kappa shape index (κ2) is 7.72. The van der Waals surface area contributed by atoms with Crippen LogP contribution in [0, 0.1) is 12.3 Å². The van der Waals surface area contributed by atoms with E-state index in [-0.39, 0.29) is 12.3 Å². The van der Waals surface area contributed by atoms with Gasteiger partial charge in [0.25, 0.3) is 0 Å². The van der Waals surface area contributed by atoms with Crippen LogP contribution >= 0.6 is 0 Å². The molecule has 0 aromatic rings. The monoisotopic (exact) mass is 252 g/mol. The van der Waals surface area contributed by atoms with Crippen LogP contribution in [0.2, 0.25) is 0 Å². The van der Waals surface area contributed by atoms with Gasteiger partial charge in [0.05, 0.1) is 0 Å². The molecule has 100 valence electrons. The summed E-state index contributed by atoms with van der Waals surface area (Å²) in [5.41, 5.74) is 0. The first kappa shape index (κ1) is 14.5. The molecule has 0 radical (unpaired) electrons. The minimum absolute atomic E-state index is 0.0166. The van der Waals surface area contributed by atoms with Gasteiger partial charge in [0.2, 0.25) is 5.91 Å². The van der Waals surface area contributed by atoms with Gasteiger partial charge in [-0.05, 0) is 25.8 Å². The highest BCUT2D eigenvalue weighted by Crippen LogP contribution is 2.11. The average molecular weight is 252 g/mol. The van der Waals surface area contributed by atoms with Gasteiger partial charge in [0.1, 0.15) is 6.04 Å². The lowest BCUT2D eigenvalue weighted by Gasteiger charge is -2.23. The highest BCUT2D eigenvalue weighted by molar-refractivity contribution is 5.83. The summed E-state index contributed by atoms with van der Waals surface area (Å²) >= 11 is 0. The van der Waals surface area contributed by atoms with E-state index in [0.29, 0.717) is 12.5 Å². The molecule has 0 aromatic carbocycles. The van der Waals surface area contributed by atoms with Gasteiger partial charge in [-0.1, -0.05) is 6.42 Å². The van der Waals surface area contributed by atoms with Gasteiger partial charge in [-0.15, -0.1) is 12.3 Å². The van der Waals surface area contributed by atoms with Gasteiger partial charge >= 0.3 is 5.97 Å². The molecule has 5 nitrogen and oxygen atoms in total. The molecule has 1 fully saturated rings. The predicted molar refractivity (Wildman–Crippen MR) is 67.9 cm³/mol. The molecule has 1 saturated heterocycles. The number of carboxylic acid groups (broad SMARTS) is 1. The Hall–Kier alpha value is -1.54. The highest BCUT2D eigenvalue weighted by Gasteiger charge is 2.20.